The Hall–Kier alpha value is -0.660. The molecule has 0 aliphatic heterocycles. The maximum atomic E-state index is 5.47. The second-order valence-corrected chi connectivity index (χ2v) is 4.85. The lowest BCUT2D eigenvalue weighted by molar-refractivity contribution is 0.124. The molecule has 1 heterocycles. The lowest BCUT2D eigenvalue weighted by Gasteiger charge is -2.06. The molecular weight excluding hydrogens is 226 g/mol. The number of nitrogens with two attached hydrogens (primary N) is 1. The van der Waals surface area contributed by atoms with Crippen LogP contribution in [0.25, 0.3) is 0 Å². The minimum Gasteiger partial charge on any atom is -0.380 e. The summed E-state index contributed by atoms with van der Waals surface area (Å²) in [4.78, 5) is 0. The van der Waals surface area contributed by atoms with E-state index in [1.54, 1.807) is 16.4 Å². The first-order valence-electron chi connectivity index (χ1n) is 5.40. The molecular formula is C9H19N5OS. The van der Waals surface area contributed by atoms with Crippen molar-refractivity contribution in [2.75, 3.05) is 25.5 Å². The topological polar surface area (TPSA) is 78.9 Å². The van der Waals surface area contributed by atoms with E-state index in [-0.39, 0.29) is 0 Å². The molecule has 0 amide bonds. The highest BCUT2D eigenvalue weighted by molar-refractivity contribution is 7.99. The molecule has 0 aromatic carbocycles. The minimum absolute atomic E-state index is 0.544. The molecule has 0 aliphatic rings. The van der Waals surface area contributed by atoms with Crippen LogP contribution in [0.5, 0.6) is 0 Å². The maximum absolute atomic E-state index is 5.47. The van der Waals surface area contributed by atoms with Gasteiger partial charge in [-0.15, -0.1) is 5.10 Å². The second kappa shape index (κ2) is 7.59. The van der Waals surface area contributed by atoms with Gasteiger partial charge in [0, 0.05) is 18.9 Å². The summed E-state index contributed by atoms with van der Waals surface area (Å²) < 4.78 is 7.19. The van der Waals surface area contributed by atoms with E-state index in [0.29, 0.717) is 19.0 Å². The van der Waals surface area contributed by atoms with Gasteiger partial charge in [0.05, 0.1) is 13.2 Å². The Morgan fingerprint density at radius 2 is 2.31 bits per heavy atom. The fourth-order valence-electron chi connectivity index (χ4n) is 1.07. The van der Waals surface area contributed by atoms with E-state index in [9.17, 15) is 0 Å². The van der Waals surface area contributed by atoms with Gasteiger partial charge >= 0.3 is 0 Å². The molecule has 92 valence electrons. The van der Waals surface area contributed by atoms with Gasteiger partial charge in [-0.05, 0) is 16.3 Å². The molecule has 0 radical (unpaired) electrons. The summed E-state index contributed by atoms with van der Waals surface area (Å²) in [6.45, 7) is 6.99. The van der Waals surface area contributed by atoms with Crippen LogP contribution in [-0.2, 0) is 11.3 Å². The van der Waals surface area contributed by atoms with Crippen molar-refractivity contribution in [2.24, 2.45) is 11.7 Å². The minimum atomic E-state index is 0.544. The van der Waals surface area contributed by atoms with Gasteiger partial charge in [-0.1, -0.05) is 25.6 Å². The van der Waals surface area contributed by atoms with Crippen LogP contribution in [-0.4, -0.2) is 45.7 Å². The van der Waals surface area contributed by atoms with E-state index >= 15 is 0 Å². The van der Waals surface area contributed by atoms with Crippen molar-refractivity contribution in [3.63, 3.8) is 0 Å². The molecule has 0 unspecified atom stereocenters. The van der Waals surface area contributed by atoms with E-state index in [1.807, 2.05) is 0 Å². The molecule has 0 saturated carbocycles. The Labute approximate surface area is 99.9 Å². The van der Waals surface area contributed by atoms with Gasteiger partial charge in [-0.2, -0.15) is 0 Å². The van der Waals surface area contributed by atoms with Crippen LogP contribution in [0.1, 0.15) is 13.8 Å². The normalized spacial score (nSPS) is 11.2. The summed E-state index contributed by atoms with van der Waals surface area (Å²) in [5.41, 5.74) is 5.45. The third kappa shape index (κ3) is 4.91. The predicted molar refractivity (Wildman–Crippen MR) is 63.3 cm³/mol. The number of nitrogens with zero attached hydrogens (tertiary/aromatic N) is 4. The first-order valence-corrected chi connectivity index (χ1v) is 6.39. The van der Waals surface area contributed by atoms with Crippen molar-refractivity contribution in [3.8, 4) is 0 Å². The van der Waals surface area contributed by atoms with Gasteiger partial charge in [0.25, 0.3) is 0 Å². The van der Waals surface area contributed by atoms with Crippen molar-refractivity contribution in [3.05, 3.63) is 0 Å². The van der Waals surface area contributed by atoms with E-state index in [2.05, 4.69) is 29.4 Å². The zero-order valence-corrected chi connectivity index (χ0v) is 10.6. The number of ether oxygens (including phenoxy) is 1. The average molecular weight is 245 g/mol. The fourth-order valence-corrected chi connectivity index (χ4v) is 1.83. The van der Waals surface area contributed by atoms with Crippen LogP contribution in [0.3, 0.4) is 0 Å². The smallest absolute Gasteiger partial charge is 0.209 e. The van der Waals surface area contributed by atoms with Gasteiger partial charge in [-0.25, -0.2) is 4.68 Å². The number of rotatable bonds is 8. The lowest BCUT2D eigenvalue weighted by atomic mass is 10.2. The number of tetrazole rings is 1. The van der Waals surface area contributed by atoms with Crippen LogP contribution in [0.2, 0.25) is 0 Å². The lowest BCUT2D eigenvalue weighted by Crippen LogP contribution is -2.12. The molecule has 0 fully saturated rings. The largest absolute Gasteiger partial charge is 0.380 e. The van der Waals surface area contributed by atoms with E-state index in [4.69, 9.17) is 10.5 Å². The van der Waals surface area contributed by atoms with Crippen molar-refractivity contribution < 1.29 is 4.74 Å². The van der Waals surface area contributed by atoms with Gasteiger partial charge in [-0.3, -0.25) is 0 Å². The van der Waals surface area contributed by atoms with Crippen molar-refractivity contribution in [1.29, 1.82) is 0 Å². The number of thioether (sulfide) groups is 1. The highest BCUT2D eigenvalue weighted by Crippen LogP contribution is 2.12. The molecule has 0 atom stereocenters. The summed E-state index contributed by atoms with van der Waals surface area (Å²) >= 11 is 1.59. The average Bonchev–Trinajstić information content (AvgIpc) is 2.65. The highest BCUT2D eigenvalue weighted by Gasteiger charge is 2.05. The first kappa shape index (κ1) is 13.4. The van der Waals surface area contributed by atoms with Crippen LogP contribution in [0, 0.1) is 5.92 Å². The Balaban J connectivity index is 2.18. The number of hydrogen-bond acceptors (Lipinski definition) is 6. The first-order chi connectivity index (χ1) is 7.74. The standard InChI is InChI=1S/C9H19N5OS/c1-8(2)7-15-5-6-16-9-11-12-13-14(9)4-3-10/h8H,3-7,10H2,1-2H3. The number of aromatic nitrogens is 4. The summed E-state index contributed by atoms with van der Waals surface area (Å²) in [5, 5.41) is 12.2. The van der Waals surface area contributed by atoms with Crippen LogP contribution in [0.15, 0.2) is 5.16 Å². The van der Waals surface area contributed by atoms with Crippen molar-refractivity contribution in [1.82, 2.24) is 20.2 Å². The van der Waals surface area contributed by atoms with Gasteiger partial charge < -0.3 is 10.5 Å². The zero-order valence-electron chi connectivity index (χ0n) is 9.80. The molecule has 7 heteroatoms. The maximum Gasteiger partial charge on any atom is 0.209 e. The Morgan fingerprint density at radius 1 is 1.50 bits per heavy atom. The van der Waals surface area contributed by atoms with Gasteiger partial charge in [0.2, 0.25) is 5.16 Å². The highest BCUT2D eigenvalue weighted by atomic mass is 32.2. The number of hydrogen-bond donors (Lipinski definition) is 1. The molecule has 0 saturated heterocycles. The molecule has 2 N–H and O–H groups in total. The van der Waals surface area contributed by atoms with Crippen molar-refractivity contribution >= 4 is 11.8 Å². The molecule has 0 spiro atoms. The van der Waals surface area contributed by atoms with E-state index in [1.165, 1.54) is 0 Å². The predicted octanol–water partition coefficient (Wildman–Crippen LogP) is 0.397. The molecule has 0 bridgehead atoms. The monoisotopic (exact) mass is 245 g/mol. The van der Waals surface area contributed by atoms with Gasteiger partial charge in [0.1, 0.15) is 0 Å². The molecule has 0 aliphatic carbocycles. The van der Waals surface area contributed by atoms with E-state index < -0.39 is 0 Å². The van der Waals surface area contributed by atoms with Gasteiger partial charge in [0.15, 0.2) is 0 Å². The summed E-state index contributed by atoms with van der Waals surface area (Å²) in [6, 6.07) is 0. The fraction of sp³-hybridized carbons (Fsp3) is 0.889. The summed E-state index contributed by atoms with van der Waals surface area (Å²) in [6.07, 6.45) is 0. The van der Waals surface area contributed by atoms with E-state index in [0.717, 1.165) is 24.1 Å². The third-order valence-electron chi connectivity index (χ3n) is 1.75. The molecule has 16 heavy (non-hydrogen) atoms. The molecule has 1 aromatic heterocycles. The second-order valence-electron chi connectivity index (χ2n) is 3.79. The van der Waals surface area contributed by atoms with Crippen LogP contribution in [0.4, 0.5) is 0 Å². The third-order valence-corrected chi connectivity index (χ3v) is 2.67. The molecule has 1 aromatic rings. The molecule has 6 nitrogen and oxygen atoms in total. The zero-order chi connectivity index (χ0) is 11.8. The summed E-state index contributed by atoms with van der Waals surface area (Å²) in [5.74, 6) is 1.44. The Morgan fingerprint density at radius 3 is 3.00 bits per heavy atom. The van der Waals surface area contributed by atoms with Crippen LogP contribution >= 0.6 is 11.8 Å². The Kier molecular flexibility index (Phi) is 6.36. The van der Waals surface area contributed by atoms with Crippen LogP contribution < -0.4 is 5.73 Å². The quantitative estimate of drug-likeness (QED) is 0.527. The van der Waals surface area contributed by atoms with Crippen molar-refractivity contribution in [2.45, 2.75) is 25.5 Å². The summed E-state index contributed by atoms with van der Waals surface area (Å²) in [7, 11) is 0. The SMILES string of the molecule is CC(C)COCCSc1nnnn1CCN. The molecule has 1 rings (SSSR count). The Bertz CT molecular complexity index is 291.